The Kier molecular flexibility index (Phi) is 6.90. The zero-order chi connectivity index (χ0) is 19.1. The molecule has 0 aliphatic carbocycles. The molecule has 2 aromatic rings. The molecule has 0 radical (unpaired) electrons. The zero-order valence-electron chi connectivity index (χ0n) is 15.4. The van der Waals surface area contributed by atoms with Crippen molar-refractivity contribution in [2.45, 2.75) is 18.6 Å². The lowest BCUT2D eigenvalue weighted by molar-refractivity contribution is -0.122. The van der Waals surface area contributed by atoms with E-state index in [4.69, 9.17) is 4.74 Å². The molecule has 27 heavy (non-hydrogen) atoms. The van der Waals surface area contributed by atoms with Gasteiger partial charge in [-0.1, -0.05) is 36.4 Å². The van der Waals surface area contributed by atoms with Gasteiger partial charge in [0.1, 0.15) is 6.61 Å². The Balaban J connectivity index is 1.59. The average molecular weight is 385 g/mol. The van der Waals surface area contributed by atoms with Gasteiger partial charge >= 0.3 is 0 Å². The summed E-state index contributed by atoms with van der Waals surface area (Å²) in [5.41, 5.74) is 3.92. The summed E-state index contributed by atoms with van der Waals surface area (Å²) in [6, 6.07) is 15.9. The zero-order valence-corrected chi connectivity index (χ0v) is 16.3. The van der Waals surface area contributed by atoms with Gasteiger partial charge in [-0.05, 0) is 36.1 Å². The first-order valence-corrected chi connectivity index (χ1v) is 10.2. The first kappa shape index (κ1) is 19.5. The SMILES string of the molecule is COCC(=O)N1CCCc2ccc(NC(=O)CSCc3ccccc3)cc21. The molecule has 1 aliphatic heterocycles. The minimum Gasteiger partial charge on any atom is -0.375 e. The van der Waals surface area contributed by atoms with Crippen molar-refractivity contribution in [2.24, 2.45) is 0 Å². The third-order valence-electron chi connectivity index (χ3n) is 4.40. The highest BCUT2D eigenvalue weighted by Crippen LogP contribution is 2.30. The molecule has 0 spiro atoms. The Morgan fingerprint density at radius 2 is 2.00 bits per heavy atom. The van der Waals surface area contributed by atoms with Gasteiger partial charge in [0.15, 0.2) is 0 Å². The van der Waals surface area contributed by atoms with Gasteiger partial charge in [-0.3, -0.25) is 9.59 Å². The molecule has 3 rings (SSSR count). The highest BCUT2D eigenvalue weighted by Gasteiger charge is 2.22. The molecule has 0 bridgehead atoms. The number of carbonyl (C=O) groups excluding carboxylic acids is 2. The van der Waals surface area contributed by atoms with E-state index in [-0.39, 0.29) is 18.4 Å². The summed E-state index contributed by atoms with van der Waals surface area (Å²) >= 11 is 1.58. The maximum Gasteiger partial charge on any atom is 0.252 e. The molecular formula is C21H24N2O3S. The van der Waals surface area contributed by atoms with Crippen LogP contribution in [0.3, 0.4) is 0 Å². The minimum atomic E-state index is -0.0552. The summed E-state index contributed by atoms with van der Waals surface area (Å²) in [7, 11) is 1.52. The van der Waals surface area contributed by atoms with Crippen LogP contribution in [0.15, 0.2) is 48.5 Å². The van der Waals surface area contributed by atoms with Crippen molar-refractivity contribution in [3.8, 4) is 0 Å². The van der Waals surface area contributed by atoms with E-state index in [1.54, 1.807) is 16.7 Å². The van der Waals surface area contributed by atoms with Gasteiger partial charge in [0.2, 0.25) is 5.91 Å². The highest BCUT2D eigenvalue weighted by atomic mass is 32.2. The normalized spacial score (nSPS) is 13.1. The van der Waals surface area contributed by atoms with Gasteiger partial charge < -0.3 is 15.0 Å². The van der Waals surface area contributed by atoms with Crippen molar-refractivity contribution in [2.75, 3.05) is 36.2 Å². The number of thioether (sulfide) groups is 1. The van der Waals surface area contributed by atoms with Crippen molar-refractivity contribution in [1.82, 2.24) is 0 Å². The fourth-order valence-corrected chi connectivity index (χ4v) is 3.93. The fourth-order valence-electron chi connectivity index (χ4n) is 3.15. The maximum absolute atomic E-state index is 12.3. The van der Waals surface area contributed by atoms with Crippen LogP contribution in [0, 0.1) is 0 Å². The number of nitrogens with one attached hydrogen (secondary N) is 1. The number of methoxy groups -OCH3 is 1. The Morgan fingerprint density at radius 1 is 1.19 bits per heavy atom. The van der Waals surface area contributed by atoms with E-state index in [0.717, 1.165) is 35.5 Å². The van der Waals surface area contributed by atoms with Crippen molar-refractivity contribution in [3.05, 3.63) is 59.7 Å². The third kappa shape index (κ3) is 5.34. The van der Waals surface area contributed by atoms with Crippen molar-refractivity contribution in [3.63, 3.8) is 0 Å². The van der Waals surface area contributed by atoms with Crippen LogP contribution in [0.2, 0.25) is 0 Å². The molecular weight excluding hydrogens is 360 g/mol. The molecule has 2 amide bonds. The van der Waals surface area contributed by atoms with E-state index in [1.807, 2.05) is 36.4 Å². The number of hydrogen-bond acceptors (Lipinski definition) is 4. The van der Waals surface area contributed by atoms with Crippen molar-refractivity contribution >= 4 is 35.0 Å². The van der Waals surface area contributed by atoms with Gasteiger partial charge in [0.05, 0.1) is 5.75 Å². The number of carbonyl (C=O) groups is 2. The minimum absolute atomic E-state index is 0.0403. The predicted molar refractivity (Wildman–Crippen MR) is 110 cm³/mol. The lowest BCUT2D eigenvalue weighted by atomic mass is 10.0. The van der Waals surface area contributed by atoms with Crippen LogP contribution in [0.25, 0.3) is 0 Å². The first-order valence-electron chi connectivity index (χ1n) is 9.01. The van der Waals surface area contributed by atoms with Crippen LogP contribution < -0.4 is 10.2 Å². The first-order chi connectivity index (χ1) is 13.2. The molecule has 0 unspecified atom stereocenters. The summed E-state index contributed by atoms with van der Waals surface area (Å²) in [6.45, 7) is 0.742. The number of ether oxygens (including phenoxy) is 1. The van der Waals surface area contributed by atoms with Crippen LogP contribution in [-0.2, 0) is 26.5 Å². The maximum atomic E-state index is 12.3. The number of rotatable bonds is 7. The molecule has 1 aliphatic rings. The molecule has 0 saturated heterocycles. The quantitative estimate of drug-likeness (QED) is 0.794. The molecule has 0 fully saturated rings. The summed E-state index contributed by atoms with van der Waals surface area (Å²) in [4.78, 5) is 26.3. The molecule has 0 saturated carbocycles. The van der Waals surface area contributed by atoms with Crippen LogP contribution in [-0.4, -0.2) is 37.8 Å². The summed E-state index contributed by atoms with van der Waals surface area (Å²) in [5, 5.41) is 2.94. The second kappa shape index (κ2) is 9.58. The molecule has 2 aromatic carbocycles. The van der Waals surface area contributed by atoms with E-state index < -0.39 is 0 Å². The number of hydrogen-bond donors (Lipinski definition) is 1. The molecule has 1 N–H and O–H groups in total. The Hall–Kier alpha value is -2.31. The topological polar surface area (TPSA) is 58.6 Å². The molecule has 6 heteroatoms. The number of benzene rings is 2. The Morgan fingerprint density at radius 3 is 2.78 bits per heavy atom. The molecule has 0 aromatic heterocycles. The summed E-state index contributed by atoms with van der Waals surface area (Å²) in [5.74, 6) is 1.09. The predicted octanol–water partition coefficient (Wildman–Crippen LogP) is 3.48. The van der Waals surface area contributed by atoms with E-state index >= 15 is 0 Å². The number of amides is 2. The molecule has 1 heterocycles. The summed E-state index contributed by atoms with van der Waals surface area (Å²) < 4.78 is 4.98. The van der Waals surface area contributed by atoms with E-state index in [0.29, 0.717) is 12.3 Å². The smallest absolute Gasteiger partial charge is 0.252 e. The van der Waals surface area contributed by atoms with E-state index in [2.05, 4.69) is 17.4 Å². The van der Waals surface area contributed by atoms with Crippen molar-refractivity contribution in [1.29, 1.82) is 0 Å². The highest BCUT2D eigenvalue weighted by molar-refractivity contribution is 7.99. The Bertz CT molecular complexity index is 795. The van der Waals surface area contributed by atoms with Gasteiger partial charge in [-0.25, -0.2) is 0 Å². The monoisotopic (exact) mass is 384 g/mol. The van der Waals surface area contributed by atoms with Crippen molar-refractivity contribution < 1.29 is 14.3 Å². The average Bonchev–Trinajstić information content (AvgIpc) is 2.68. The second-order valence-electron chi connectivity index (χ2n) is 6.45. The number of nitrogens with zero attached hydrogens (tertiary/aromatic N) is 1. The van der Waals surface area contributed by atoms with Crippen LogP contribution >= 0.6 is 11.8 Å². The van der Waals surface area contributed by atoms with E-state index in [1.165, 1.54) is 12.7 Å². The second-order valence-corrected chi connectivity index (χ2v) is 7.44. The van der Waals surface area contributed by atoms with Gasteiger partial charge in [0.25, 0.3) is 5.91 Å². The van der Waals surface area contributed by atoms with Gasteiger partial charge in [0, 0.05) is 30.8 Å². The van der Waals surface area contributed by atoms with Gasteiger partial charge in [-0.2, -0.15) is 0 Å². The molecule has 5 nitrogen and oxygen atoms in total. The third-order valence-corrected chi connectivity index (χ3v) is 5.41. The number of anilines is 2. The number of aryl methyl sites for hydroxylation is 1. The lowest BCUT2D eigenvalue weighted by Crippen LogP contribution is -2.37. The largest absolute Gasteiger partial charge is 0.375 e. The molecule has 142 valence electrons. The van der Waals surface area contributed by atoms with E-state index in [9.17, 15) is 9.59 Å². The fraction of sp³-hybridized carbons (Fsp3) is 0.333. The summed E-state index contributed by atoms with van der Waals surface area (Å²) in [6.07, 6.45) is 1.87. The molecule has 0 atom stereocenters. The Labute approximate surface area is 164 Å². The lowest BCUT2D eigenvalue weighted by Gasteiger charge is -2.29. The standard InChI is InChI=1S/C21H24N2O3S/c1-26-13-21(25)23-11-5-8-17-9-10-18(12-19(17)23)22-20(24)15-27-14-16-6-3-2-4-7-16/h2-4,6-7,9-10,12H,5,8,11,13-15H2,1H3,(H,22,24). The van der Waals surface area contributed by atoms with Crippen LogP contribution in [0.4, 0.5) is 11.4 Å². The number of fused-ring (bicyclic) bond motifs is 1. The van der Waals surface area contributed by atoms with Crippen LogP contribution in [0.5, 0.6) is 0 Å². The van der Waals surface area contributed by atoms with Crippen LogP contribution in [0.1, 0.15) is 17.5 Å². The van der Waals surface area contributed by atoms with Gasteiger partial charge in [-0.15, -0.1) is 11.8 Å².